The zero-order valence-corrected chi connectivity index (χ0v) is 13.6. The third kappa shape index (κ3) is 3.00. The molecule has 2 N–H and O–H groups in total. The second-order valence-corrected chi connectivity index (χ2v) is 5.55. The maximum Gasteiger partial charge on any atom is 0.292 e. The third-order valence-corrected chi connectivity index (χ3v) is 3.86. The second kappa shape index (κ2) is 6.67. The van der Waals surface area contributed by atoms with Crippen molar-refractivity contribution in [3.63, 3.8) is 0 Å². The van der Waals surface area contributed by atoms with Gasteiger partial charge in [-0.3, -0.25) is 9.59 Å². The minimum Gasteiger partial charge on any atom is -0.486 e. The molecule has 8 nitrogen and oxygen atoms in total. The van der Waals surface area contributed by atoms with Crippen LogP contribution in [-0.2, 0) is 0 Å². The van der Waals surface area contributed by atoms with Crippen LogP contribution < -0.4 is 20.5 Å². The Morgan fingerprint density at radius 2 is 1.88 bits per heavy atom. The third-order valence-electron chi connectivity index (χ3n) is 3.86. The summed E-state index contributed by atoms with van der Waals surface area (Å²) in [5.41, 5.74) is 2.90. The van der Waals surface area contributed by atoms with Crippen LogP contribution in [0.25, 0.3) is 10.8 Å². The fourth-order valence-corrected chi connectivity index (χ4v) is 2.65. The summed E-state index contributed by atoms with van der Waals surface area (Å²) in [6.07, 6.45) is 1.49. The number of amides is 1. The number of H-pyrrole nitrogens is 1. The summed E-state index contributed by atoms with van der Waals surface area (Å²) in [6.45, 7) is 1.02. The van der Waals surface area contributed by atoms with Gasteiger partial charge in [0.2, 0.25) is 0 Å². The summed E-state index contributed by atoms with van der Waals surface area (Å²) < 4.78 is 11.0. The zero-order valence-electron chi connectivity index (χ0n) is 13.6. The lowest BCUT2D eigenvalue weighted by atomic mass is 10.1. The molecule has 1 aromatic heterocycles. The number of nitrogens with one attached hydrogen (secondary N) is 2. The largest absolute Gasteiger partial charge is 0.486 e. The molecule has 1 amide bonds. The first-order valence-corrected chi connectivity index (χ1v) is 7.93. The molecule has 130 valence electrons. The number of ether oxygens (including phenoxy) is 2. The highest BCUT2D eigenvalue weighted by molar-refractivity contribution is 6.04. The molecule has 0 saturated heterocycles. The van der Waals surface area contributed by atoms with E-state index in [9.17, 15) is 9.59 Å². The van der Waals surface area contributed by atoms with E-state index in [-0.39, 0.29) is 11.3 Å². The number of nitrogens with zero attached hydrogens (tertiary/aromatic N) is 2. The van der Waals surface area contributed by atoms with Crippen molar-refractivity contribution in [2.24, 2.45) is 5.10 Å². The van der Waals surface area contributed by atoms with Crippen molar-refractivity contribution in [2.75, 3.05) is 13.2 Å². The number of benzene rings is 2. The number of hydrazone groups is 1. The Morgan fingerprint density at radius 1 is 1.12 bits per heavy atom. The van der Waals surface area contributed by atoms with Crippen molar-refractivity contribution < 1.29 is 14.3 Å². The smallest absolute Gasteiger partial charge is 0.292 e. The second-order valence-electron chi connectivity index (χ2n) is 5.55. The summed E-state index contributed by atoms with van der Waals surface area (Å²) in [5, 5.41) is 10.9. The average molecular weight is 350 g/mol. The van der Waals surface area contributed by atoms with Crippen LogP contribution in [0.3, 0.4) is 0 Å². The molecule has 1 aliphatic rings. The van der Waals surface area contributed by atoms with Crippen LogP contribution in [0.5, 0.6) is 11.5 Å². The maximum atomic E-state index is 12.3. The summed E-state index contributed by atoms with van der Waals surface area (Å²) in [4.78, 5) is 24.1. The van der Waals surface area contributed by atoms with Crippen LogP contribution in [0.2, 0.25) is 0 Å². The monoisotopic (exact) mass is 350 g/mol. The minimum atomic E-state index is -0.522. The number of hydrogen-bond acceptors (Lipinski definition) is 6. The maximum absolute atomic E-state index is 12.3. The van der Waals surface area contributed by atoms with Crippen molar-refractivity contribution in [3.05, 3.63) is 64.1 Å². The van der Waals surface area contributed by atoms with Crippen LogP contribution in [0, 0.1) is 0 Å². The Hall–Kier alpha value is -3.68. The predicted octanol–water partition coefficient (Wildman–Crippen LogP) is 1.46. The summed E-state index contributed by atoms with van der Waals surface area (Å²) in [5.74, 6) is 0.799. The van der Waals surface area contributed by atoms with Crippen molar-refractivity contribution in [2.45, 2.75) is 0 Å². The standard InChI is InChI=1S/C18H14N4O4/c23-17-13-4-2-1-3-12(13)16(20-22-17)18(24)21-19-10-11-5-6-14-15(9-11)26-8-7-25-14/h1-6,9-10H,7-8H2,(H,21,24)(H,22,23)/b19-10-. The first-order valence-electron chi connectivity index (χ1n) is 7.93. The van der Waals surface area contributed by atoms with E-state index in [4.69, 9.17) is 9.47 Å². The molecule has 0 bridgehead atoms. The van der Waals surface area contributed by atoms with E-state index in [1.807, 2.05) is 0 Å². The molecule has 2 heterocycles. The van der Waals surface area contributed by atoms with Gasteiger partial charge in [-0.2, -0.15) is 10.2 Å². The molecule has 1 aliphatic heterocycles. The molecule has 0 saturated carbocycles. The Kier molecular flexibility index (Phi) is 4.06. The first-order chi connectivity index (χ1) is 12.7. The summed E-state index contributed by atoms with van der Waals surface area (Å²) >= 11 is 0. The fraction of sp³-hybridized carbons (Fsp3) is 0.111. The molecule has 2 aromatic carbocycles. The van der Waals surface area contributed by atoms with Gasteiger partial charge in [0.05, 0.1) is 11.6 Å². The number of aromatic amines is 1. The summed E-state index contributed by atoms with van der Waals surface area (Å²) in [7, 11) is 0. The molecule has 8 heteroatoms. The quantitative estimate of drug-likeness (QED) is 0.549. The van der Waals surface area contributed by atoms with E-state index in [0.29, 0.717) is 35.5 Å². The van der Waals surface area contributed by atoms with Gasteiger partial charge in [0.25, 0.3) is 11.5 Å². The molecule has 4 rings (SSSR count). The van der Waals surface area contributed by atoms with E-state index >= 15 is 0 Å². The predicted molar refractivity (Wildman–Crippen MR) is 94.9 cm³/mol. The topological polar surface area (TPSA) is 106 Å². The Bertz CT molecular complexity index is 1070. The zero-order chi connectivity index (χ0) is 17.9. The van der Waals surface area contributed by atoms with Gasteiger partial charge in [-0.1, -0.05) is 18.2 Å². The van der Waals surface area contributed by atoms with Crippen molar-refractivity contribution in [1.82, 2.24) is 15.6 Å². The van der Waals surface area contributed by atoms with Crippen LogP contribution in [0.4, 0.5) is 0 Å². The molecule has 0 unspecified atom stereocenters. The van der Waals surface area contributed by atoms with Crippen LogP contribution >= 0.6 is 0 Å². The summed E-state index contributed by atoms with van der Waals surface area (Å²) in [6, 6.07) is 12.1. The van der Waals surface area contributed by atoms with E-state index in [2.05, 4.69) is 20.7 Å². The van der Waals surface area contributed by atoms with Crippen molar-refractivity contribution >= 4 is 22.9 Å². The number of carbonyl (C=O) groups excluding carboxylic acids is 1. The van der Waals surface area contributed by atoms with E-state index < -0.39 is 5.91 Å². The van der Waals surface area contributed by atoms with Crippen LogP contribution in [0.15, 0.2) is 52.4 Å². The highest BCUT2D eigenvalue weighted by Gasteiger charge is 2.13. The lowest BCUT2D eigenvalue weighted by Gasteiger charge is -2.18. The molecule has 26 heavy (non-hydrogen) atoms. The molecule has 0 fully saturated rings. The normalized spacial score (nSPS) is 13.1. The molecule has 0 aliphatic carbocycles. The molecular weight excluding hydrogens is 336 g/mol. The van der Waals surface area contributed by atoms with Gasteiger partial charge in [-0.25, -0.2) is 10.5 Å². The highest BCUT2D eigenvalue weighted by atomic mass is 16.6. The van der Waals surface area contributed by atoms with E-state index in [1.165, 1.54) is 6.21 Å². The number of fused-ring (bicyclic) bond motifs is 2. The van der Waals surface area contributed by atoms with Gasteiger partial charge >= 0.3 is 0 Å². The molecular formula is C18H14N4O4. The number of rotatable bonds is 3. The van der Waals surface area contributed by atoms with E-state index in [0.717, 1.165) is 5.56 Å². The number of carbonyl (C=O) groups is 1. The van der Waals surface area contributed by atoms with Gasteiger partial charge in [-0.05, 0) is 29.8 Å². The van der Waals surface area contributed by atoms with Crippen molar-refractivity contribution in [3.8, 4) is 11.5 Å². The molecule has 3 aromatic rings. The van der Waals surface area contributed by atoms with Gasteiger partial charge in [0.15, 0.2) is 17.2 Å². The Labute approximate surface area is 147 Å². The van der Waals surface area contributed by atoms with E-state index in [1.54, 1.807) is 42.5 Å². The minimum absolute atomic E-state index is 0.0968. The average Bonchev–Trinajstić information content (AvgIpc) is 2.68. The number of aromatic nitrogens is 2. The Balaban J connectivity index is 1.53. The lowest BCUT2D eigenvalue weighted by molar-refractivity contribution is 0.0951. The van der Waals surface area contributed by atoms with Crippen LogP contribution in [-0.4, -0.2) is 35.5 Å². The first kappa shape index (κ1) is 15.8. The molecule has 0 radical (unpaired) electrons. The van der Waals surface area contributed by atoms with Crippen LogP contribution in [0.1, 0.15) is 16.1 Å². The molecule has 0 atom stereocenters. The fourth-order valence-electron chi connectivity index (χ4n) is 2.65. The Morgan fingerprint density at radius 3 is 2.73 bits per heavy atom. The van der Waals surface area contributed by atoms with Gasteiger partial charge < -0.3 is 9.47 Å². The lowest BCUT2D eigenvalue weighted by Crippen LogP contribution is -2.22. The molecule has 0 spiro atoms. The van der Waals surface area contributed by atoms with Gasteiger partial charge in [-0.15, -0.1) is 0 Å². The van der Waals surface area contributed by atoms with Gasteiger partial charge in [0, 0.05) is 5.39 Å². The van der Waals surface area contributed by atoms with Gasteiger partial charge in [0.1, 0.15) is 13.2 Å². The van der Waals surface area contributed by atoms with Crippen molar-refractivity contribution in [1.29, 1.82) is 0 Å². The highest BCUT2D eigenvalue weighted by Crippen LogP contribution is 2.30. The number of hydrogen-bond donors (Lipinski definition) is 2. The SMILES string of the molecule is O=C(N/N=C\c1ccc2c(c1)OCCO2)c1n[nH]c(=O)c2ccccc12.